The van der Waals surface area contributed by atoms with E-state index < -0.39 is 46.2 Å². The zero-order chi connectivity index (χ0) is 37.2. The molecule has 14 nitrogen and oxygen atoms in total. The number of anilines is 1. The van der Waals surface area contributed by atoms with Gasteiger partial charge >= 0.3 is 30.0 Å². The molecule has 1 amide bonds. The summed E-state index contributed by atoms with van der Waals surface area (Å²) < 4.78 is 26.8. The van der Waals surface area contributed by atoms with Crippen molar-refractivity contribution in [3.63, 3.8) is 0 Å². The van der Waals surface area contributed by atoms with Gasteiger partial charge in [0.15, 0.2) is 0 Å². The maximum atomic E-state index is 12.9. The number of carbonyl (C=O) groups excluding carboxylic acids is 5. The fourth-order valence-electron chi connectivity index (χ4n) is 5.12. The third-order valence-corrected chi connectivity index (χ3v) is 7.66. The summed E-state index contributed by atoms with van der Waals surface area (Å²) in [6.45, 7) is 5.67. The molecule has 2 aromatic carbocycles. The summed E-state index contributed by atoms with van der Waals surface area (Å²) in [6.07, 6.45) is 8.02. The molecule has 51 heavy (non-hydrogen) atoms. The number of nitro groups is 1. The Kier molecular flexibility index (Phi) is 16.3. The second kappa shape index (κ2) is 20.6. The number of hydrogen-bond acceptors (Lipinski definition) is 12. The molecule has 1 aliphatic heterocycles. The van der Waals surface area contributed by atoms with Gasteiger partial charge in [0, 0.05) is 17.8 Å². The highest BCUT2D eigenvalue weighted by molar-refractivity contribution is 5.99. The van der Waals surface area contributed by atoms with E-state index in [0.29, 0.717) is 25.7 Å². The topological polar surface area (TPSA) is 187 Å². The first-order valence-corrected chi connectivity index (χ1v) is 17.5. The number of benzene rings is 2. The van der Waals surface area contributed by atoms with Crippen molar-refractivity contribution in [2.24, 2.45) is 0 Å². The van der Waals surface area contributed by atoms with Crippen LogP contribution in [0.5, 0.6) is 0 Å². The molecule has 0 saturated carbocycles. The lowest BCUT2D eigenvalue weighted by Crippen LogP contribution is -2.27. The predicted octanol–water partition coefficient (Wildman–Crippen LogP) is 7.96. The Bertz CT molecular complexity index is 1450. The quantitative estimate of drug-likeness (QED) is 0.137. The van der Waals surface area contributed by atoms with Gasteiger partial charge in [0.25, 0.3) is 5.69 Å². The van der Waals surface area contributed by atoms with E-state index >= 15 is 0 Å². The van der Waals surface area contributed by atoms with E-state index in [4.69, 9.17) is 23.7 Å². The number of cyclic esters (lactones) is 4. The molecule has 0 radical (unpaired) electrons. The standard InChI is InChI=1S/C37H48N2O12/c1-37(2,3)51-36(44)38-30-22-26-20-27(23-30)33(41)48-17-13-9-5-7-11-15-19-50-35(43)29-21-28(24-31(25-29)39(45)46)34(42)49-18-14-10-6-4-8-12-16-47-32(26)40/h20-25H,4-19H2,1-3H3,(H,38,44). The van der Waals surface area contributed by atoms with Gasteiger partial charge in [0.1, 0.15) is 5.60 Å². The molecule has 3 rings (SSSR count). The van der Waals surface area contributed by atoms with E-state index in [2.05, 4.69) is 5.32 Å². The monoisotopic (exact) mass is 712 g/mol. The Morgan fingerprint density at radius 1 is 0.588 bits per heavy atom. The van der Waals surface area contributed by atoms with E-state index in [1.165, 1.54) is 24.3 Å². The first-order chi connectivity index (χ1) is 24.3. The first kappa shape index (κ1) is 40.4. The van der Waals surface area contributed by atoms with Crippen LogP contribution in [-0.2, 0) is 23.7 Å². The molecule has 0 aromatic heterocycles. The Labute approximate surface area is 297 Å². The number of non-ortho nitro benzene ring substituents is 1. The Morgan fingerprint density at radius 2 is 0.902 bits per heavy atom. The molecule has 4 bridgehead atoms. The SMILES string of the molecule is CC(C)(C)OC(=O)Nc1cc2cc(c1)C(=O)OCCCCCCCCOC(=O)c1cc(cc([N+](=O)[O-])c1)C(=O)OCCCCCCCCOC2=O. The minimum atomic E-state index is -0.762. The summed E-state index contributed by atoms with van der Waals surface area (Å²) >= 11 is 0. The number of nitrogens with zero attached hydrogens (tertiary/aromatic N) is 1. The Morgan fingerprint density at radius 3 is 1.22 bits per heavy atom. The van der Waals surface area contributed by atoms with Crippen molar-refractivity contribution in [2.75, 3.05) is 31.7 Å². The molecular weight excluding hydrogens is 664 g/mol. The van der Waals surface area contributed by atoms with Crippen molar-refractivity contribution in [3.05, 3.63) is 68.8 Å². The summed E-state index contributed by atoms with van der Waals surface area (Å²) in [5.74, 6) is -2.82. The van der Waals surface area contributed by atoms with E-state index in [1.807, 2.05) is 0 Å². The summed E-state index contributed by atoms with van der Waals surface area (Å²) in [7, 11) is 0. The summed E-state index contributed by atoms with van der Waals surface area (Å²) in [6, 6.07) is 7.60. The lowest BCUT2D eigenvalue weighted by Gasteiger charge is -2.20. The number of nitro benzene ring substituents is 1. The lowest BCUT2D eigenvalue weighted by atomic mass is 10.1. The van der Waals surface area contributed by atoms with Crippen LogP contribution in [0.15, 0.2) is 36.4 Å². The molecule has 0 fully saturated rings. The highest BCUT2D eigenvalue weighted by atomic mass is 16.6. The number of nitrogens with one attached hydrogen (secondary N) is 1. The second-order valence-electron chi connectivity index (χ2n) is 13.2. The van der Waals surface area contributed by atoms with Gasteiger partial charge < -0.3 is 23.7 Å². The molecule has 0 saturated heterocycles. The van der Waals surface area contributed by atoms with Crippen molar-refractivity contribution in [2.45, 2.75) is 103 Å². The third-order valence-electron chi connectivity index (χ3n) is 7.66. The molecule has 2 aromatic rings. The van der Waals surface area contributed by atoms with Gasteiger partial charge in [-0.05, 0) is 70.7 Å². The largest absolute Gasteiger partial charge is 0.462 e. The van der Waals surface area contributed by atoms with Gasteiger partial charge in [-0.3, -0.25) is 15.4 Å². The fourth-order valence-corrected chi connectivity index (χ4v) is 5.12. The van der Waals surface area contributed by atoms with Crippen LogP contribution in [0.2, 0.25) is 0 Å². The number of carbonyl (C=O) groups is 5. The van der Waals surface area contributed by atoms with Crippen LogP contribution in [0.4, 0.5) is 16.2 Å². The summed E-state index contributed by atoms with van der Waals surface area (Å²) in [5.41, 5.74) is -1.02. The van der Waals surface area contributed by atoms with Crippen LogP contribution in [0, 0.1) is 10.1 Å². The van der Waals surface area contributed by atoms with Crippen molar-refractivity contribution < 1.29 is 52.6 Å². The second-order valence-corrected chi connectivity index (χ2v) is 13.2. The summed E-state index contributed by atoms with van der Waals surface area (Å²) in [5, 5.41) is 14.0. The van der Waals surface area contributed by atoms with Crippen LogP contribution < -0.4 is 5.32 Å². The van der Waals surface area contributed by atoms with E-state index in [9.17, 15) is 34.1 Å². The maximum absolute atomic E-state index is 12.9. The molecule has 278 valence electrons. The molecule has 1 aliphatic rings. The van der Waals surface area contributed by atoms with Crippen LogP contribution in [0.1, 0.15) is 139 Å². The van der Waals surface area contributed by atoms with Crippen LogP contribution >= 0.6 is 0 Å². The van der Waals surface area contributed by atoms with E-state index in [1.54, 1.807) is 20.8 Å². The molecule has 14 heteroatoms. The lowest BCUT2D eigenvalue weighted by molar-refractivity contribution is -0.384. The molecule has 0 aliphatic carbocycles. The van der Waals surface area contributed by atoms with Crippen molar-refractivity contribution >= 4 is 41.3 Å². The Balaban J connectivity index is 1.63. The maximum Gasteiger partial charge on any atom is 0.412 e. The first-order valence-electron chi connectivity index (χ1n) is 17.5. The Hall–Kier alpha value is -5.01. The van der Waals surface area contributed by atoms with E-state index in [0.717, 1.165) is 63.5 Å². The molecule has 0 spiro atoms. The van der Waals surface area contributed by atoms with E-state index in [-0.39, 0.29) is 54.4 Å². The van der Waals surface area contributed by atoms with Crippen molar-refractivity contribution in [3.8, 4) is 0 Å². The van der Waals surface area contributed by atoms with Crippen molar-refractivity contribution in [1.29, 1.82) is 0 Å². The highest BCUT2D eigenvalue weighted by Crippen LogP contribution is 2.21. The van der Waals surface area contributed by atoms with Crippen molar-refractivity contribution in [1.82, 2.24) is 0 Å². The predicted molar refractivity (Wildman–Crippen MR) is 186 cm³/mol. The van der Waals surface area contributed by atoms with Gasteiger partial charge in [0.2, 0.25) is 0 Å². The summed E-state index contributed by atoms with van der Waals surface area (Å²) in [4.78, 5) is 74.3. The van der Waals surface area contributed by atoms with Crippen LogP contribution in [-0.4, -0.2) is 66.9 Å². The number of fused-ring (bicyclic) bond motifs is 4. The molecular formula is C37H48N2O12. The minimum Gasteiger partial charge on any atom is -0.462 e. The van der Waals surface area contributed by atoms with Gasteiger partial charge in [-0.1, -0.05) is 51.4 Å². The molecule has 0 unspecified atom stereocenters. The van der Waals surface area contributed by atoms with Gasteiger partial charge in [-0.25, -0.2) is 24.0 Å². The minimum absolute atomic E-state index is 0.0803. The smallest absolute Gasteiger partial charge is 0.412 e. The normalized spacial score (nSPS) is 17.1. The molecule has 0 atom stereocenters. The number of amides is 1. The van der Waals surface area contributed by atoms with Crippen LogP contribution in [0.3, 0.4) is 0 Å². The highest BCUT2D eigenvalue weighted by Gasteiger charge is 2.21. The van der Waals surface area contributed by atoms with Crippen LogP contribution in [0.25, 0.3) is 0 Å². The fraction of sp³-hybridized carbons (Fsp3) is 0.541. The number of esters is 4. The zero-order valence-corrected chi connectivity index (χ0v) is 29.6. The molecule has 1 heterocycles. The zero-order valence-electron chi connectivity index (χ0n) is 29.6. The van der Waals surface area contributed by atoms with Gasteiger partial charge in [0.05, 0.1) is 53.6 Å². The average Bonchev–Trinajstić information content (AvgIpc) is 3.07. The number of hydrogen-bond donors (Lipinski definition) is 1. The van der Waals surface area contributed by atoms with Gasteiger partial charge in [-0.15, -0.1) is 0 Å². The molecule has 1 N–H and O–H groups in total. The third kappa shape index (κ3) is 15.2. The number of ether oxygens (including phenoxy) is 5. The number of rotatable bonds is 2. The van der Waals surface area contributed by atoms with Gasteiger partial charge in [-0.2, -0.15) is 0 Å². The average molecular weight is 713 g/mol.